The van der Waals surface area contributed by atoms with Gasteiger partial charge >= 0.3 is 0 Å². The summed E-state index contributed by atoms with van der Waals surface area (Å²) in [5, 5.41) is 1.83. The molecule has 0 spiro atoms. The molecule has 0 atom stereocenters. The number of aromatic nitrogens is 1. The highest BCUT2D eigenvalue weighted by atomic mass is 15.2. The van der Waals surface area contributed by atoms with Gasteiger partial charge in [-0.1, -0.05) is 413 Å². The number of fused-ring (bicyclic) bond motifs is 7. The molecule has 0 saturated heterocycles. The summed E-state index contributed by atoms with van der Waals surface area (Å²) in [7, 11) is 0. The smallest absolute Gasteiger partial charge is 0.252 e. The van der Waals surface area contributed by atoms with E-state index >= 15 is 0 Å². The first-order chi connectivity index (χ1) is 69.7. The Morgan fingerprint density at radius 1 is 0.223 bits per heavy atom. The van der Waals surface area contributed by atoms with Crippen LogP contribution in [-0.2, 0) is 65.0 Å². The second kappa shape index (κ2) is 31.5. The molecule has 0 bridgehead atoms. The molecule has 13 aromatic carbocycles. The topological polar surface area (TPSA) is 11.4 Å². The minimum atomic E-state index is -1.30. The number of rotatable bonds is 9. The van der Waals surface area contributed by atoms with E-state index in [9.17, 15) is 30.2 Å². The quantitative estimate of drug-likeness (QED) is 0.133. The molecule has 4 heteroatoms. The Kier molecular flexibility index (Phi) is 16.4. The van der Waals surface area contributed by atoms with Crippen LogP contribution >= 0.6 is 0 Å². The van der Waals surface area contributed by atoms with E-state index < -0.39 is 169 Å². The fourth-order valence-electron chi connectivity index (χ4n) is 17.9. The monoisotopic (exact) mass is 1740 g/mol. The van der Waals surface area contributed by atoms with Gasteiger partial charge in [-0.25, -0.2) is 0 Å². The first kappa shape index (κ1) is 67.5. The highest BCUT2D eigenvalue weighted by Crippen LogP contribution is 2.58. The van der Waals surface area contributed by atoms with Crippen molar-refractivity contribution in [1.29, 1.82) is 0 Å². The summed E-state index contributed by atoms with van der Waals surface area (Å²) in [6, 6.07) is 23.9. The van der Waals surface area contributed by atoms with Gasteiger partial charge in [-0.3, -0.25) is 0 Å². The molecular weight excluding hydrogens is 1570 g/mol. The number of hydrogen-bond acceptors (Lipinski definition) is 2. The molecule has 0 amide bonds. The SMILES string of the molecule is [2H]c1c([2H])c([2H])c(-c2ccc3c(c2)B2c4ccc(-n5c6ccc(C(C)(C)C)cc6c6cc(C(C)(C)C)ccc65)cc4N(c4c(-c5c([2H])c([2H])c(C(C)(C)C)c([2H])c5[2H])c([2H])c(C(C)(C)C)c([2H])c4-c4c([2H])c([2H])c(C(C)(C)C)c([2H])c4C(C)(C)C)c4cc(-c5cc(C(C)(C)C)cc(C(C)(C)C)c5)cc(c42)N3c2c(-c3c([2H])c([2H])c(C(C)(C)C)c([2H])c3[2H])c([2H])c(C(C)(C)C)c([2H])c2-c2c([2H])c([2H])c(C(C)(C)C)c([2H])c2C(C)(C)C)c([2H])c1[2H]. The highest BCUT2D eigenvalue weighted by Gasteiger charge is 2.48. The van der Waals surface area contributed by atoms with Crippen molar-refractivity contribution in [2.75, 3.05) is 9.80 Å². The second-order valence-electron chi connectivity index (χ2n) is 49.1. The van der Waals surface area contributed by atoms with Crippen LogP contribution in [0.15, 0.2) is 242 Å². The largest absolute Gasteiger partial charge is 0.310 e. The maximum Gasteiger partial charge on any atom is 0.252 e. The van der Waals surface area contributed by atoms with Gasteiger partial charge in [0.1, 0.15) is 0 Å². The Bertz CT molecular complexity index is 8100. The predicted molar refractivity (Wildman–Crippen MR) is 572 cm³/mol. The van der Waals surface area contributed by atoms with Crippen LogP contribution in [0.5, 0.6) is 0 Å². The van der Waals surface area contributed by atoms with Gasteiger partial charge < -0.3 is 14.4 Å². The van der Waals surface area contributed by atoms with Crippen molar-refractivity contribution in [3.8, 4) is 72.4 Å². The van der Waals surface area contributed by atoms with Crippen LogP contribution in [0.25, 0.3) is 94.3 Å². The molecule has 1 aromatic heterocycles. The van der Waals surface area contributed by atoms with E-state index in [1.165, 1.54) is 0 Å². The van der Waals surface area contributed by atoms with E-state index in [2.05, 4.69) is 142 Å². The molecule has 0 aliphatic carbocycles. The first-order valence-corrected chi connectivity index (χ1v) is 46.5. The standard InChI is InChI=1S/C126H148BN3/c1-115(2,3)83-47-42-78(43-48-83)96-70-91(123(25,26)27)72-100(94-56-51-87(119(13,14)15)74-102(94)125(31,32)33)113(96)129-108-59-46-80(77-40-38-37-39-41-77)64-105(108)127-104-58-55-93(128-106-60-53-85(117(7,8)9)68-98(106)99-69-86(118(10,11)12)54-61-107(99)128)76-109(104)130(111-66-82(65-110(129)112(111)127)81-62-89(121(19,20)21)67-90(63-81)122(22,23)24)114-97(79-44-49-84(50-45-79)116(4,5)6)71-92(124(28,29)30)73-101(114)95-57-52-88(120(16,17)18)75-103(95)126(34,35)36/h37-76H,1-36H3/i37D,38D,39D,40D,41D,42D,43D,44D,45D,47D,48D,49D,50D,51D,52D,56D,57D,70D,71D,72D,73D,74D,75D. The van der Waals surface area contributed by atoms with Gasteiger partial charge in [0.25, 0.3) is 6.71 Å². The Labute approximate surface area is 816 Å². The zero-order valence-electron chi connectivity index (χ0n) is 107. The van der Waals surface area contributed by atoms with Crippen LogP contribution in [0.4, 0.5) is 34.1 Å². The van der Waals surface area contributed by atoms with Gasteiger partial charge in [0.15, 0.2) is 0 Å². The number of hydrogen-bond donors (Lipinski definition) is 0. The summed E-state index contributed by atoms with van der Waals surface area (Å²) >= 11 is 0. The first-order valence-electron chi connectivity index (χ1n) is 58.0. The summed E-state index contributed by atoms with van der Waals surface area (Å²) in [6.07, 6.45) is 0. The Hall–Kier alpha value is -10.7. The molecule has 14 aromatic rings. The van der Waals surface area contributed by atoms with E-state index in [4.69, 9.17) is 1.37 Å². The van der Waals surface area contributed by atoms with Crippen LogP contribution in [-0.4, -0.2) is 11.3 Å². The third kappa shape index (κ3) is 17.3. The normalized spacial score (nSPS) is 16.4. The molecule has 0 fully saturated rings. The van der Waals surface area contributed by atoms with Crippen molar-refractivity contribution in [2.45, 2.75) is 314 Å². The lowest BCUT2D eigenvalue weighted by atomic mass is 9.33. The van der Waals surface area contributed by atoms with Gasteiger partial charge in [-0.2, -0.15) is 0 Å². The van der Waals surface area contributed by atoms with E-state index in [1.807, 2.05) is 165 Å². The molecule has 0 radical (unpaired) electrons. The summed E-state index contributed by atoms with van der Waals surface area (Å²) in [5.41, 5.74) is -3.86. The Morgan fingerprint density at radius 2 is 0.592 bits per heavy atom. The van der Waals surface area contributed by atoms with Crippen molar-refractivity contribution in [2.24, 2.45) is 0 Å². The molecule has 3 nitrogen and oxygen atoms in total. The van der Waals surface area contributed by atoms with Gasteiger partial charge in [-0.05, 0) is 271 Å². The summed E-state index contributed by atoms with van der Waals surface area (Å²) in [4.78, 5) is 3.72. The van der Waals surface area contributed by atoms with Gasteiger partial charge in [0, 0.05) is 61.5 Å². The van der Waals surface area contributed by atoms with Crippen LogP contribution in [0.3, 0.4) is 0 Å². The van der Waals surface area contributed by atoms with Crippen LogP contribution < -0.4 is 26.2 Å². The van der Waals surface area contributed by atoms with Crippen molar-refractivity contribution >= 4 is 79.0 Å². The Balaban J connectivity index is 1.33. The number of nitrogens with zero attached hydrogens (tertiary/aromatic N) is 3. The van der Waals surface area contributed by atoms with Crippen LogP contribution in [0, 0.1) is 0 Å². The summed E-state index contributed by atoms with van der Waals surface area (Å²) in [6.45, 7) is 68.8. The average Bonchev–Trinajstić information content (AvgIpc) is 0.955. The lowest BCUT2D eigenvalue weighted by Gasteiger charge is -2.46. The zero-order chi connectivity index (χ0) is 115. The second-order valence-corrected chi connectivity index (χ2v) is 49.1. The minimum Gasteiger partial charge on any atom is -0.310 e. The summed E-state index contributed by atoms with van der Waals surface area (Å²) in [5.74, 6) is 0. The molecule has 2 aliphatic heterocycles. The van der Waals surface area contributed by atoms with E-state index in [0.717, 1.165) is 44.1 Å². The van der Waals surface area contributed by atoms with E-state index in [0.29, 0.717) is 22.3 Å². The summed E-state index contributed by atoms with van der Waals surface area (Å²) < 4.78 is 251. The van der Waals surface area contributed by atoms with Crippen molar-refractivity contribution in [3.05, 3.63) is 309 Å². The molecule has 3 heterocycles. The van der Waals surface area contributed by atoms with Crippen molar-refractivity contribution in [1.82, 2.24) is 4.57 Å². The number of benzene rings is 13. The lowest BCUT2D eigenvalue weighted by molar-refractivity contribution is 0.568. The fraction of sp³-hybridized carbons (Fsp3) is 0.381. The lowest BCUT2D eigenvalue weighted by Crippen LogP contribution is -2.61. The highest BCUT2D eigenvalue weighted by molar-refractivity contribution is 7.00. The van der Waals surface area contributed by atoms with Gasteiger partial charge in [-0.15, -0.1) is 0 Å². The third-order valence-electron chi connectivity index (χ3n) is 25.9. The molecular formula is C126H148BN3. The van der Waals surface area contributed by atoms with E-state index in [1.54, 1.807) is 59.7 Å². The number of anilines is 6. The molecule has 16 rings (SSSR count). The minimum absolute atomic E-state index is 0.0104. The molecule has 670 valence electrons. The third-order valence-corrected chi connectivity index (χ3v) is 25.9. The van der Waals surface area contributed by atoms with Crippen molar-refractivity contribution < 1.29 is 31.5 Å². The molecule has 0 saturated carbocycles. The molecule has 130 heavy (non-hydrogen) atoms. The van der Waals surface area contributed by atoms with Gasteiger partial charge in [0.05, 0.1) is 53.9 Å². The van der Waals surface area contributed by atoms with Crippen LogP contribution in [0.1, 0.15) is 348 Å². The predicted octanol–water partition coefficient (Wildman–Crippen LogP) is 34.4. The van der Waals surface area contributed by atoms with Crippen molar-refractivity contribution in [3.63, 3.8) is 0 Å². The van der Waals surface area contributed by atoms with Crippen LogP contribution in [0.2, 0.25) is 0 Å². The molecule has 0 unspecified atom stereocenters. The fourth-order valence-corrected chi connectivity index (χ4v) is 17.9. The maximum absolute atomic E-state index is 12.0. The zero-order valence-corrected chi connectivity index (χ0v) is 84.2. The van der Waals surface area contributed by atoms with E-state index in [-0.39, 0.29) is 187 Å². The Morgan fingerprint density at radius 3 is 0.977 bits per heavy atom. The maximum atomic E-state index is 12.0. The van der Waals surface area contributed by atoms with Gasteiger partial charge in [0.2, 0.25) is 0 Å². The average molecular weight is 1740 g/mol. The molecule has 2 aliphatic rings. The molecule has 0 N–H and O–H groups in total.